The highest BCUT2D eigenvalue weighted by Crippen LogP contribution is 2.35. The number of hydrogen-bond donors (Lipinski definition) is 1. The van der Waals surface area contributed by atoms with E-state index in [1.165, 1.54) is 17.3 Å². The predicted molar refractivity (Wildman–Crippen MR) is 75.0 cm³/mol. The van der Waals surface area contributed by atoms with Crippen molar-refractivity contribution in [3.8, 4) is 0 Å². The fourth-order valence-corrected chi connectivity index (χ4v) is 2.76. The Labute approximate surface area is 126 Å². The number of carbonyl (C=O) groups is 1. The van der Waals surface area contributed by atoms with Crippen molar-refractivity contribution in [2.75, 3.05) is 6.54 Å². The molecule has 2 unspecified atom stereocenters. The van der Waals surface area contributed by atoms with Gasteiger partial charge in [0.1, 0.15) is 11.6 Å². The Morgan fingerprint density at radius 1 is 1.23 bits per heavy atom. The zero-order chi connectivity index (χ0) is 15.7. The third-order valence-corrected chi connectivity index (χ3v) is 3.78. The molecular formula is C16H14F2N2O2. The first kappa shape index (κ1) is 14.6. The summed E-state index contributed by atoms with van der Waals surface area (Å²) in [5, 5.41) is 9.86. The number of hydrogen-bond acceptors (Lipinski definition) is 3. The lowest BCUT2D eigenvalue weighted by molar-refractivity contribution is 0.0713. The smallest absolute Gasteiger partial charge is 0.254 e. The SMILES string of the molecule is O=C(c1ccncc1)N1CC(O)CC1c1cc(F)ccc1F. The van der Waals surface area contributed by atoms with Crippen LogP contribution in [0.2, 0.25) is 0 Å². The molecule has 1 aromatic carbocycles. The van der Waals surface area contributed by atoms with Crippen LogP contribution in [0.15, 0.2) is 42.7 Å². The molecule has 114 valence electrons. The van der Waals surface area contributed by atoms with Gasteiger partial charge in [-0.1, -0.05) is 0 Å². The van der Waals surface area contributed by atoms with E-state index in [9.17, 15) is 18.7 Å². The number of aliphatic hydroxyl groups excluding tert-OH is 1. The molecule has 4 nitrogen and oxygen atoms in total. The first-order chi connectivity index (χ1) is 10.6. The second kappa shape index (κ2) is 5.81. The van der Waals surface area contributed by atoms with E-state index in [-0.39, 0.29) is 24.4 Å². The van der Waals surface area contributed by atoms with Crippen LogP contribution in [0.4, 0.5) is 8.78 Å². The van der Waals surface area contributed by atoms with E-state index in [0.717, 1.165) is 18.2 Å². The summed E-state index contributed by atoms with van der Waals surface area (Å²) in [5.41, 5.74) is 0.477. The summed E-state index contributed by atoms with van der Waals surface area (Å²) in [6.07, 6.45) is 2.38. The minimum absolute atomic E-state index is 0.0824. The number of β-amino-alcohol motifs (C(OH)–C–C–N with tert-alkyl or cyclic N) is 1. The lowest BCUT2D eigenvalue weighted by Crippen LogP contribution is -2.32. The molecule has 22 heavy (non-hydrogen) atoms. The molecule has 1 amide bonds. The molecule has 0 spiro atoms. The number of aliphatic hydroxyl groups is 1. The number of halogens is 2. The molecule has 2 atom stereocenters. The fourth-order valence-electron chi connectivity index (χ4n) is 2.76. The predicted octanol–water partition coefficient (Wildman–Crippen LogP) is 2.31. The van der Waals surface area contributed by atoms with Gasteiger partial charge in [-0.2, -0.15) is 0 Å². The molecule has 1 aliphatic heterocycles. The number of pyridine rings is 1. The summed E-state index contributed by atoms with van der Waals surface area (Å²) in [6.45, 7) is 0.0851. The molecule has 1 fully saturated rings. The standard InChI is InChI=1S/C16H14F2N2O2/c17-11-1-2-14(18)13(7-11)15-8-12(21)9-20(15)16(22)10-3-5-19-6-4-10/h1-7,12,15,21H,8-9H2. The second-order valence-electron chi connectivity index (χ2n) is 5.26. The quantitative estimate of drug-likeness (QED) is 0.926. The highest BCUT2D eigenvalue weighted by molar-refractivity contribution is 5.94. The monoisotopic (exact) mass is 304 g/mol. The van der Waals surface area contributed by atoms with Gasteiger partial charge in [-0.3, -0.25) is 9.78 Å². The van der Waals surface area contributed by atoms with Crippen molar-refractivity contribution in [1.82, 2.24) is 9.88 Å². The lowest BCUT2D eigenvalue weighted by Gasteiger charge is -2.25. The molecule has 0 aliphatic carbocycles. The lowest BCUT2D eigenvalue weighted by atomic mass is 10.0. The van der Waals surface area contributed by atoms with Crippen molar-refractivity contribution in [2.45, 2.75) is 18.6 Å². The molecule has 0 radical (unpaired) electrons. The third-order valence-electron chi connectivity index (χ3n) is 3.78. The van der Waals surface area contributed by atoms with Crippen molar-refractivity contribution in [2.24, 2.45) is 0 Å². The van der Waals surface area contributed by atoms with Gasteiger partial charge in [0, 0.05) is 30.1 Å². The normalized spacial score (nSPS) is 21.1. The topological polar surface area (TPSA) is 53.4 Å². The van der Waals surface area contributed by atoms with Crippen LogP contribution in [0.25, 0.3) is 0 Å². The van der Waals surface area contributed by atoms with Crippen LogP contribution in [0.1, 0.15) is 28.4 Å². The molecular weight excluding hydrogens is 290 g/mol. The van der Waals surface area contributed by atoms with Gasteiger partial charge in [0.25, 0.3) is 5.91 Å². The number of aromatic nitrogens is 1. The Morgan fingerprint density at radius 3 is 2.68 bits per heavy atom. The summed E-state index contributed by atoms with van der Waals surface area (Å²) < 4.78 is 27.4. The maximum Gasteiger partial charge on any atom is 0.254 e. The van der Waals surface area contributed by atoms with E-state index in [0.29, 0.717) is 5.56 Å². The first-order valence-electron chi connectivity index (χ1n) is 6.90. The molecule has 3 rings (SSSR count). The van der Waals surface area contributed by atoms with Gasteiger partial charge in [0.05, 0.1) is 12.1 Å². The summed E-state index contributed by atoms with van der Waals surface area (Å²) in [5.74, 6) is -1.50. The summed E-state index contributed by atoms with van der Waals surface area (Å²) >= 11 is 0. The van der Waals surface area contributed by atoms with Gasteiger partial charge in [-0.15, -0.1) is 0 Å². The van der Waals surface area contributed by atoms with Crippen molar-refractivity contribution in [3.63, 3.8) is 0 Å². The number of rotatable bonds is 2. The van der Waals surface area contributed by atoms with Crippen LogP contribution in [0.5, 0.6) is 0 Å². The second-order valence-corrected chi connectivity index (χ2v) is 5.26. The highest BCUT2D eigenvalue weighted by Gasteiger charge is 2.37. The Balaban J connectivity index is 1.96. The van der Waals surface area contributed by atoms with Crippen molar-refractivity contribution in [3.05, 3.63) is 65.5 Å². The number of carbonyl (C=O) groups excluding carboxylic acids is 1. The van der Waals surface area contributed by atoms with Gasteiger partial charge in [0.15, 0.2) is 0 Å². The number of benzene rings is 1. The van der Waals surface area contributed by atoms with Crippen LogP contribution < -0.4 is 0 Å². The zero-order valence-corrected chi connectivity index (χ0v) is 11.6. The Hall–Kier alpha value is -2.34. The number of nitrogens with zero attached hydrogens (tertiary/aromatic N) is 2. The summed E-state index contributed by atoms with van der Waals surface area (Å²) in [7, 11) is 0. The summed E-state index contributed by atoms with van der Waals surface area (Å²) in [6, 6.07) is 5.54. The van der Waals surface area contributed by atoms with Crippen LogP contribution in [-0.4, -0.2) is 33.5 Å². The highest BCUT2D eigenvalue weighted by atomic mass is 19.1. The van der Waals surface area contributed by atoms with Crippen molar-refractivity contribution in [1.29, 1.82) is 0 Å². The van der Waals surface area contributed by atoms with Gasteiger partial charge >= 0.3 is 0 Å². The van der Waals surface area contributed by atoms with Crippen molar-refractivity contribution >= 4 is 5.91 Å². The van der Waals surface area contributed by atoms with Gasteiger partial charge in [-0.05, 0) is 36.8 Å². The average Bonchev–Trinajstić information content (AvgIpc) is 2.91. The molecule has 2 heterocycles. The molecule has 0 saturated carbocycles. The van der Waals surface area contributed by atoms with Gasteiger partial charge in [-0.25, -0.2) is 8.78 Å². The van der Waals surface area contributed by atoms with E-state index < -0.39 is 23.8 Å². The number of amides is 1. The molecule has 1 saturated heterocycles. The van der Waals surface area contributed by atoms with Crippen LogP contribution >= 0.6 is 0 Å². The van der Waals surface area contributed by atoms with Gasteiger partial charge < -0.3 is 10.0 Å². The van der Waals surface area contributed by atoms with E-state index in [4.69, 9.17) is 0 Å². The Morgan fingerprint density at radius 2 is 1.95 bits per heavy atom. The molecule has 0 bridgehead atoms. The van der Waals surface area contributed by atoms with Crippen molar-refractivity contribution < 1.29 is 18.7 Å². The largest absolute Gasteiger partial charge is 0.391 e. The first-order valence-corrected chi connectivity index (χ1v) is 6.90. The Bertz CT molecular complexity index is 694. The maximum absolute atomic E-state index is 14.0. The molecule has 1 N–H and O–H groups in total. The van der Waals surface area contributed by atoms with Gasteiger partial charge in [0.2, 0.25) is 0 Å². The maximum atomic E-state index is 14.0. The fraction of sp³-hybridized carbons (Fsp3) is 0.250. The zero-order valence-electron chi connectivity index (χ0n) is 11.6. The van der Waals surface area contributed by atoms with E-state index in [1.807, 2.05) is 0 Å². The number of likely N-dealkylation sites (tertiary alicyclic amines) is 1. The minimum Gasteiger partial charge on any atom is -0.391 e. The Kier molecular flexibility index (Phi) is 3.85. The molecule has 6 heteroatoms. The molecule has 2 aromatic rings. The van der Waals surface area contributed by atoms with E-state index >= 15 is 0 Å². The van der Waals surface area contributed by atoms with Crippen LogP contribution in [0.3, 0.4) is 0 Å². The summed E-state index contributed by atoms with van der Waals surface area (Å²) in [4.78, 5) is 17.8. The minimum atomic E-state index is -0.765. The van der Waals surface area contributed by atoms with E-state index in [1.54, 1.807) is 12.1 Å². The van der Waals surface area contributed by atoms with E-state index in [2.05, 4.69) is 4.98 Å². The van der Waals surface area contributed by atoms with Crippen LogP contribution in [-0.2, 0) is 0 Å². The van der Waals surface area contributed by atoms with Crippen LogP contribution in [0, 0.1) is 11.6 Å². The molecule has 1 aliphatic rings. The third kappa shape index (κ3) is 2.69. The average molecular weight is 304 g/mol. The molecule has 1 aromatic heterocycles.